The van der Waals surface area contributed by atoms with Crippen molar-refractivity contribution >= 4 is 87.4 Å². The predicted molar refractivity (Wildman–Crippen MR) is 203 cm³/mol. The number of rotatable bonds is 6. The minimum atomic E-state index is 0.897. The zero-order chi connectivity index (χ0) is 31.3. The van der Waals surface area contributed by atoms with E-state index < -0.39 is 0 Å². The highest BCUT2D eigenvalue weighted by atomic mass is 32.1. The average molecular weight is 620 g/mol. The van der Waals surface area contributed by atoms with Gasteiger partial charge < -0.3 is 9.32 Å². The minimum Gasteiger partial charge on any atom is -0.455 e. The second kappa shape index (κ2) is 11.2. The fraction of sp³-hybridized carbons (Fsp3) is 0. The van der Waals surface area contributed by atoms with Crippen LogP contribution in [0.15, 0.2) is 169 Å². The summed E-state index contributed by atoms with van der Waals surface area (Å²) in [4.78, 5) is 2.41. The molecule has 0 amide bonds. The molecule has 0 bridgehead atoms. The van der Waals surface area contributed by atoms with Crippen LogP contribution < -0.4 is 4.90 Å². The van der Waals surface area contributed by atoms with E-state index in [1.54, 1.807) is 0 Å². The van der Waals surface area contributed by atoms with Crippen LogP contribution in [-0.2, 0) is 0 Å². The number of anilines is 3. The summed E-state index contributed by atoms with van der Waals surface area (Å²) >= 11 is 1.84. The maximum Gasteiger partial charge on any atom is 0.143 e. The molecule has 7 aromatic carbocycles. The van der Waals surface area contributed by atoms with Crippen LogP contribution >= 0.6 is 11.3 Å². The summed E-state index contributed by atoms with van der Waals surface area (Å²) in [5.41, 5.74) is 8.41. The summed E-state index contributed by atoms with van der Waals surface area (Å²) in [6, 6.07) is 52.1. The van der Waals surface area contributed by atoms with Crippen molar-refractivity contribution in [3.8, 4) is 11.1 Å². The van der Waals surface area contributed by atoms with Gasteiger partial charge in [0.25, 0.3) is 0 Å². The monoisotopic (exact) mass is 619 g/mol. The molecule has 47 heavy (non-hydrogen) atoms. The number of furan rings is 1. The smallest absolute Gasteiger partial charge is 0.143 e. The van der Waals surface area contributed by atoms with Gasteiger partial charge in [-0.25, -0.2) is 0 Å². The van der Waals surface area contributed by atoms with Gasteiger partial charge in [-0.3, -0.25) is 0 Å². The van der Waals surface area contributed by atoms with Crippen LogP contribution in [0, 0.1) is 0 Å². The molecule has 9 aromatic rings. The number of hydrogen-bond acceptors (Lipinski definition) is 3. The highest BCUT2D eigenvalue weighted by Gasteiger charge is 2.23. The molecule has 0 radical (unpaired) electrons. The van der Waals surface area contributed by atoms with E-state index in [0.717, 1.165) is 61.1 Å². The van der Waals surface area contributed by atoms with Crippen molar-refractivity contribution in [2.75, 3.05) is 4.90 Å². The molecule has 0 N–H and O–H groups in total. The zero-order valence-electron chi connectivity index (χ0n) is 25.6. The predicted octanol–water partition coefficient (Wildman–Crippen LogP) is 13.4. The van der Waals surface area contributed by atoms with Crippen molar-refractivity contribution in [3.05, 3.63) is 170 Å². The van der Waals surface area contributed by atoms with Gasteiger partial charge in [-0.05, 0) is 47.3 Å². The van der Waals surface area contributed by atoms with Crippen LogP contribution in [0.3, 0.4) is 0 Å². The summed E-state index contributed by atoms with van der Waals surface area (Å²) in [6.45, 7) is 3.88. The van der Waals surface area contributed by atoms with Crippen LogP contribution in [-0.4, -0.2) is 0 Å². The summed E-state index contributed by atoms with van der Waals surface area (Å²) in [7, 11) is 0. The summed E-state index contributed by atoms with van der Waals surface area (Å²) in [5, 5.41) is 7.10. The number of fused-ring (bicyclic) bond motifs is 8. The molecule has 2 aromatic heterocycles. The lowest BCUT2D eigenvalue weighted by Crippen LogP contribution is -2.11. The quantitative estimate of drug-likeness (QED) is 0.172. The van der Waals surface area contributed by atoms with Gasteiger partial charge in [0.05, 0.1) is 16.1 Å². The van der Waals surface area contributed by atoms with Crippen molar-refractivity contribution in [2.45, 2.75) is 0 Å². The molecule has 2 nitrogen and oxygen atoms in total. The first-order chi connectivity index (χ1) is 23.3. The van der Waals surface area contributed by atoms with Gasteiger partial charge in [-0.2, -0.15) is 0 Å². The molecule has 222 valence electrons. The van der Waals surface area contributed by atoms with Crippen LogP contribution in [0.4, 0.5) is 17.1 Å². The number of hydrogen-bond donors (Lipinski definition) is 0. The number of allylic oxidation sites excluding steroid dienone is 2. The fourth-order valence-electron chi connectivity index (χ4n) is 6.90. The van der Waals surface area contributed by atoms with Crippen LogP contribution in [0.1, 0.15) is 5.56 Å². The van der Waals surface area contributed by atoms with E-state index >= 15 is 0 Å². The third kappa shape index (κ3) is 4.47. The first kappa shape index (κ1) is 27.4. The Balaban J connectivity index is 1.33. The van der Waals surface area contributed by atoms with Gasteiger partial charge in [-0.1, -0.05) is 134 Å². The zero-order valence-corrected chi connectivity index (χ0v) is 26.4. The molecule has 9 rings (SSSR count). The van der Waals surface area contributed by atoms with Crippen LogP contribution in [0.2, 0.25) is 0 Å². The molecule has 3 heteroatoms. The van der Waals surface area contributed by atoms with Crippen molar-refractivity contribution in [1.29, 1.82) is 0 Å². The van der Waals surface area contributed by atoms with E-state index in [0.29, 0.717) is 0 Å². The maximum atomic E-state index is 6.84. The normalized spacial score (nSPS) is 11.8. The second-order valence-electron chi connectivity index (χ2n) is 11.7. The van der Waals surface area contributed by atoms with E-state index in [-0.39, 0.29) is 0 Å². The van der Waals surface area contributed by atoms with E-state index in [4.69, 9.17) is 4.42 Å². The fourth-order valence-corrected chi connectivity index (χ4v) is 8.10. The third-order valence-electron chi connectivity index (χ3n) is 9.00. The van der Waals surface area contributed by atoms with Crippen molar-refractivity contribution < 1.29 is 4.42 Å². The Kier molecular flexibility index (Phi) is 6.51. The van der Waals surface area contributed by atoms with E-state index in [2.05, 4.69) is 163 Å². The first-order valence-electron chi connectivity index (χ1n) is 15.8. The number of para-hydroxylation sites is 2. The number of nitrogens with zero attached hydrogens (tertiary/aromatic N) is 1. The van der Waals surface area contributed by atoms with Gasteiger partial charge in [0.1, 0.15) is 11.2 Å². The summed E-state index contributed by atoms with van der Waals surface area (Å²) in [6.07, 6.45) is 5.89. The van der Waals surface area contributed by atoms with E-state index in [9.17, 15) is 0 Å². The second-order valence-corrected chi connectivity index (χ2v) is 12.8. The Bertz CT molecular complexity index is 2670. The first-order valence-corrected chi connectivity index (χ1v) is 16.6. The SMILES string of the molecule is C=C/C=C\c1cccc(N(c2ccccc2-c2cccc3c2oc2c4ccccc4ccc32)c2cccc3c2sc2ccccc23)c1. The van der Waals surface area contributed by atoms with Crippen LogP contribution in [0.25, 0.3) is 70.1 Å². The molecule has 0 fully saturated rings. The van der Waals surface area contributed by atoms with Crippen molar-refractivity contribution in [2.24, 2.45) is 0 Å². The average Bonchev–Trinajstić information content (AvgIpc) is 3.71. The van der Waals surface area contributed by atoms with Gasteiger partial charge in [0, 0.05) is 48.4 Å². The Morgan fingerprint density at radius 3 is 2.19 bits per heavy atom. The highest BCUT2D eigenvalue weighted by Crippen LogP contribution is 2.48. The van der Waals surface area contributed by atoms with E-state index in [1.807, 2.05) is 23.5 Å². The Morgan fingerprint density at radius 2 is 1.26 bits per heavy atom. The maximum absolute atomic E-state index is 6.84. The molecule has 0 saturated heterocycles. The summed E-state index contributed by atoms with van der Waals surface area (Å²) < 4.78 is 9.37. The third-order valence-corrected chi connectivity index (χ3v) is 10.2. The topological polar surface area (TPSA) is 16.4 Å². The lowest BCUT2D eigenvalue weighted by atomic mass is 9.98. The standard InChI is InChI=1S/C44H29NOS/c1-2-3-13-29-14-10-16-31(28-29)45(40-24-12-22-38-34-19-7-9-25-41(34)47-44(38)40)39-23-8-6-18-33(39)35-20-11-21-36-37-27-26-30-15-4-5-17-32(30)42(37)46-43(35)36/h2-28H,1H2/b13-3-. The Hall–Kier alpha value is -5.90. The Labute approximate surface area is 276 Å². The van der Waals surface area contributed by atoms with Crippen LogP contribution in [0.5, 0.6) is 0 Å². The Morgan fingerprint density at radius 1 is 0.553 bits per heavy atom. The lowest BCUT2D eigenvalue weighted by molar-refractivity contribution is 0.674. The molecular formula is C44H29NOS. The molecule has 0 atom stereocenters. The molecule has 0 aliphatic heterocycles. The van der Waals surface area contributed by atoms with Gasteiger partial charge in [-0.15, -0.1) is 11.3 Å². The molecule has 0 aliphatic rings. The lowest BCUT2D eigenvalue weighted by Gasteiger charge is -2.28. The molecule has 2 heterocycles. The summed E-state index contributed by atoms with van der Waals surface area (Å²) in [5.74, 6) is 0. The van der Waals surface area contributed by atoms with Gasteiger partial charge >= 0.3 is 0 Å². The van der Waals surface area contributed by atoms with Crippen molar-refractivity contribution in [3.63, 3.8) is 0 Å². The molecule has 0 saturated carbocycles. The molecule has 0 aliphatic carbocycles. The van der Waals surface area contributed by atoms with Gasteiger partial charge in [0.15, 0.2) is 0 Å². The number of thiophene rings is 1. The highest BCUT2D eigenvalue weighted by molar-refractivity contribution is 7.26. The number of benzene rings is 7. The van der Waals surface area contributed by atoms with Gasteiger partial charge in [0.2, 0.25) is 0 Å². The minimum absolute atomic E-state index is 0.897. The molecular weight excluding hydrogens is 591 g/mol. The largest absolute Gasteiger partial charge is 0.455 e. The van der Waals surface area contributed by atoms with E-state index in [1.165, 1.54) is 25.6 Å². The molecule has 0 unspecified atom stereocenters. The molecule has 0 spiro atoms. The van der Waals surface area contributed by atoms with Crippen molar-refractivity contribution in [1.82, 2.24) is 0 Å².